The molecule has 0 bridgehead atoms. The van der Waals surface area contributed by atoms with Crippen molar-refractivity contribution >= 4 is 0 Å². The van der Waals surface area contributed by atoms with Gasteiger partial charge in [-0.25, -0.2) is 4.98 Å². The van der Waals surface area contributed by atoms with Crippen LogP contribution in [0.3, 0.4) is 0 Å². The molecule has 0 aliphatic heterocycles. The molecule has 0 spiro atoms. The first-order chi connectivity index (χ1) is 9.56. The summed E-state index contributed by atoms with van der Waals surface area (Å²) < 4.78 is 12.4. The van der Waals surface area contributed by atoms with Crippen molar-refractivity contribution in [2.75, 3.05) is 14.2 Å². The van der Waals surface area contributed by atoms with Crippen molar-refractivity contribution in [1.82, 2.24) is 9.55 Å². The van der Waals surface area contributed by atoms with Crippen LogP contribution in [0, 0.1) is 13.8 Å². The lowest BCUT2D eigenvalue weighted by Gasteiger charge is -2.17. The molecule has 20 heavy (non-hydrogen) atoms. The summed E-state index contributed by atoms with van der Waals surface area (Å²) >= 11 is 0. The summed E-state index contributed by atoms with van der Waals surface area (Å²) in [5.41, 5.74) is 2.72. The van der Waals surface area contributed by atoms with Gasteiger partial charge in [0.2, 0.25) is 0 Å². The van der Waals surface area contributed by atoms with E-state index < -0.39 is 6.10 Å². The fourth-order valence-corrected chi connectivity index (χ4v) is 2.11. The zero-order valence-corrected chi connectivity index (χ0v) is 12.3. The predicted octanol–water partition coefficient (Wildman–Crippen LogP) is 2.25. The number of hydrogen-bond donors (Lipinski definition) is 1. The average molecular weight is 276 g/mol. The maximum absolute atomic E-state index is 10.5. The third-order valence-corrected chi connectivity index (χ3v) is 3.51. The maximum Gasteiger partial charge on any atom is 0.124 e. The normalized spacial score (nSPS) is 12.2. The quantitative estimate of drug-likeness (QED) is 0.910. The monoisotopic (exact) mass is 276 g/mol. The molecule has 0 amide bonds. The highest BCUT2D eigenvalue weighted by Gasteiger charge is 2.16. The molecular formula is C15H20N2O3. The molecule has 5 heteroatoms. The molecule has 1 unspecified atom stereocenters. The predicted molar refractivity (Wildman–Crippen MR) is 76.2 cm³/mol. The van der Waals surface area contributed by atoms with Crippen LogP contribution in [-0.4, -0.2) is 28.9 Å². The number of ether oxygens (including phenoxy) is 2. The van der Waals surface area contributed by atoms with Gasteiger partial charge in [-0.2, -0.15) is 0 Å². The molecule has 0 radical (unpaired) electrons. The molecule has 1 N–H and O–H groups in total. The average Bonchev–Trinajstić information content (AvgIpc) is 2.78. The van der Waals surface area contributed by atoms with Crippen molar-refractivity contribution in [3.8, 4) is 11.5 Å². The van der Waals surface area contributed by atoms with Crippen LogP contribution in [0.1, 0.15) is 23.1 Å². The number of nitrogens with zero attached hydrogens (tertiary/aromatic N) is 2. The minimum absolute atomic E-state index is 0.427. The van der Waals surface area contributed by atoms with Gasteiger partial charge in [-0.15, -0.1) is 0 Å². The van der Waals surface area contributed by atoms with Crippen LogP contribution in [0.25, 0.3) is 0 Å². The van der Waals surface area contributed by atoms with E-state index in [2.05, 4.69) is 4.98 Å². The first-order valence-corrected chi connectivity index (χ1v) is 6.45. The van der Waals surface area contributed by atoms with E-state index in [1.54, 1.807) is 32.7 Å². The van der Waals surface area contributed by atoms with Gasteiger partial charge < -0.3 is 19.1 Å². The number of methoxy groups -OCH3 is 2. The first-order valence-electron chi connectivity index (χ1n) is 6.45. The van der Waals surface area contributed by atoms with E-state index in [0.29, 0.717) is 23.6 Å². The molecule has 1 heterocycles. The smallest absolute Gasteiger partial charge is 0.124 e. The molecule has 1 aromatic carbocycles. The molecule has 5 nitrogen and oxygen atoms in total. The van der Waals surface area contributed by atoms with Crippen LogP contribution in [0.2, 0.25) is 0 Å². The van der Waals surface area contributed by atoms with Gasteiger partial charge in [0, 0.05) is 11.3 Å². The highest BCUT2D eigenvalue weighted by molar-refractivity contribution is 5.41. The summed E-state index contributed by atoms with van der Waals surface area (Å²) in [6, 6.07) is 5.40. The highest BCUT2D eigenvalue weighted by atomic mass is 16.5. The SMILES string of the molecule is COc1ccc(OC)c(C(O)Cn2cnc(C)c2C)c1. The van der Waals surface area contributed by atoms with Crippen LogP contribution >= 0.6 is 0 Å². The Hall–Kier alpha value is -2.01. The number of aryl methyl sites for hydroxylation is 1. The van der Waals surface area contributed by atoms with Crippen molar-refractivity contribution in [2.45, 2.75) is 26.5 Å². The van der Waals surface area contributed by atoms with E-state index in [-0.39, 0.29) is 0 Å². The van der Waals surface area contributed by atoms with E-state index in [1.807, 2.05) is 24.5 Å². The molecule has 108 valence electrons. The molecule has 2 rings (SSSR count). The van der Waals surface area contributed by atoms with Gasteiger partial charge >= 0.3 is 0 Å². The molecular weight excluding hydrogens is 256 g/mol. The van der Waals surface area contributed by atoms with E-state index >= 15 is 0 Å². The van der Waals surface area contributed by atoms with Crippen LogP contribution in [0.4, 0.5) is 0 Å². The van der Waals surface area contributed by atoms with Gasteiger partial charge in [0.05, 0.1) is 32.8 Å². The zero-order valence-electron chi connectivity index (χ0n) is 12.3. The number of benzene rings is 1. The van der Waals surface area contributed by atoms with Gasteiger partial charge in [-0.05, 0) is 32.0 Å². The Morgan fingerprint density at radius 3 is 2.55 bits per heavy atom. The molecule has 0 fully saturated rings. The lowest BCUT2D eigenvalue weighted by Crippen LogP contribution is -2.10. The topological polar surface area (TPSA) is 56.5 Å². The Bertz CT molecular complexity index is 593. The van der Waals surface area contributed by atoms with Crippen molar-refractivity contribution in [3.05, 3.63) is 41.5 Å². The Morgan fingerprint density at radius 1 is 1.25 bits per heavy atom. The van der Waals surface area contributed by atoms with E-state index in [9.17, 15) is 5.11 Å². The summed E-state index contributed by atoms with van der Waals surface area (Å²) in [7, 11) is 3.19. The lowest BCUT2D eigenvalue weighted by atomic mass is 10.1. The zero-order chi connectivity index (χ0) is 14.7. The number of aliphatic hydroxyl groups excluding tert-OH is 1. The molecule has 0 aliphatic carbocycles. The third kappa shape index (κ3) is 2.77. The fraction of sp³-hybridized carbons (Fsp3) is 0.400. The number of aromatic nitrogens is 2. The van der Waals surface area contributed by atoms with Gasteiger partial charge in [-0.3, -0.25) is 0 Å². The maximum atomic E-state index is 10.5. The minimum atomic E-state index is -0.688. The molecule has 0 saturated carbocycles. The van der Waals surface area contributed by atoms with Crippen LogP contribution < -0.4 is 9.47 Å². The van der Waals surface area contributed by atoms with Gasteiger partial charge in [0.25, 0.3) is 0 Å². The number of hydrogen-bond acceptors (Lipinski definition) is 4. The Kier molecular flexibility index (Phi) is 4.29. The van der Waals surface area contributed by atoms with Crippen LogP contribution in [0.5, 0.6) is 11.5 Å². The second-order valence-corrected chi connectivity index (χ2v) is 4.69. The summed E-state index contributed by atoms with van der Waals surface area (Å²) in [5.74, 6) is 1.34. The third-order valence-electron chi connectivity index (χ3n) is 3.51. The van der Waals surface area contributed by atoms with Crippen LogP contribution in [0.15, 0.2) is 24.5 Å². The van der Waals surface area contributed by atoms with Gasteiger partial charge in [0.1, 0.15) is 17.6 Å². The molecule has 1 aromatic heterocycles. The number of aliphatic hydroxyl groups is 1. The Labute approximate surface area is 118 Å². The first kappa shape index (κ1) is 14.4. The van der Waals surface area contributed by atoms with Crippen molar-refractivity contribution < 1.29 is 14.6 Å². The Balaban J connectivity index is 2.28. The molecule has 0 aliphatic rings. The second-order valence-electron chi connectivity index (χ2n) is 4.69. The fourth-order valence-electron chi connectivity index (χ4n) is 2.11. The molecule has 0 saturated heterocycles. The van der Waals surface area contributed by atoms with Gasteiger partial charge in [-0.1, -0.05) is 0 Å². The molecule has 2 aromatic rings. The van der Waals surface area contributed by atoms with Crippen molar-refractivity contribution in [2.24, 2.45) is 0 Å². The van der Waals surface area contributed by atoms with E-state index in [1.165, 1.54) is 0 Å². The van der Waals surface area contributed by atoms with Crippen molar-refractivity contribution in [3.63, 3.8) is 0 Å². The minimum Gasteiger partial charge on any atom is -0.497 e. The van der Waals surface area contributed by atoms with Crippen LogP contribution in [-0.2, 0) is 6.54 Å². The van der Waals surface area contributed by atoms with E-state index in [4.69, 9.17) is 9.47 Å². The highest BCUT2D eigenvalue weighted by Crippen LogP contribution is 2.30. The number of rotatable bonds is 5. The second kappa shape index (κ2) is 5.96. The summed E-state index contributed by atoms with van der Waals surface area (Å²) in [4.78, 5) is 4.24. The largest absolute Gasteiger partial charge is 0.497 e. The summed E-state index contributed by atoms with van der Waals surface area (Å²) in [5, 5.41) is 10.5. The Morgan fingerprint density at radius 2 is 2.00 bits per heavy atom. The van der Waals surface area contributed by atoms with E-state index in [0.717, 1.165) is 11.4 Å². The summed E-state index contributed by atoms with van der Waals surface area (Å²) in [6.07, 6.45) is 1.05. The van der Waals surface area contributed by atoms with Crippen molar-refractivity contribution in [1.29, 1.82) is 0 Å². The summed E-state index contributed by atoms with van der Waals surface area (Å²) in [6.45, 7) is 4.36. The standard InChI is InChI=1S/C15H20N2O3/c1-10-11(2)17(9-16-10)8-14(18)13-7-12(19-3)5-6-15(13)20-4/h5-7,9,14,18H,8H2,1-4H3. The van der Waals surface area contributed by atoms with Gasteiger partial charge in [0.15, 0.2) is 0 Å². The lowest BCUT2D eigenvalue weighted by molar-refractivity contribution is 0.151. The number of imidazole rings is 1. The molecule has 1 atom stereocenters.